The number of hydrogen-bond acceptors (Lipinski definition) is 3. The molecule has 0 amide bonds. The van der Waals surface area contributed by atoms with Gasteiger partial charge < -0.3 is 9.84 Å². The third-order valence-electron chi connectivity index (χ3n) is 2.45. The molecule has 4 heteroatoms. The number of hydrogen-bond donors (Lipinski definition) is 2. The SMILES string of the molecule is O=c1cc(CC2CCCCN2)[nH]o1. The highest BCUT2D eigenvalue weighted by Gasteiger charge is 2.13. The van der Waals surface area contributed by atoms with Gasteiger partial charge in [-0.25, -0.2) is 9.95 Å². The molecule has 2 N–H and O–H groups in total. The van der Waals surface area contributed by atoms with Gasteiger partial charge in [0.15, 0.2) is 0 Å². The lowest BCUT2D eigenvalue weighted by atomic mass is 10.0. The topological polar surface area (TPSA) is 58.0 Å². The molecule has 0 bridgehead atoms. The second kappa shape index (κ2) is 3.79. The van der Waals surface area contributed by atoms with Crippen LogP contribution in [0.3, 0.4) is 0 Å². The Morgan fingerprint density at radius 1 is 1.54 bits per heavy atom. The summed E-state index contributed by atoms with van der Waals surface area (Å²) in [7, 11) is 0. The van der Waals surface area contributed by atoms with Crippen molar-refractivity contribution in [1.82, 2.24) is 10.5 Å². The smallest absolute Gasteiger partial charge is 0.339 e. The van der Waals surface area contributed by atoms with E-state index in [0.717, 1.165) is 18.7 Å². The van der Waals surface area contributed by atoms with E-state index in [1.807, 2.05) is 0 Å². The van der Waals surface area contributed by atoms with Gasteiger partial charge >= 0.3 is 5.63 Å². The van der Waals surface area contributed by atoms with Gasteiger partial charge in [-0.3, -0.25) is 0 Å². The molecule has 1 aliphatic heterocycles. The summed E-state index contributed by atoms with van der Waals surface area (Å²) in [5, 5.41) is 6.04. The van der Waals surface area contributed by atoms with Crippen LogP contribution >= 0.6 is 0 Å². The Morgan fingerprint density at radius 3 is 3.08 bits per heavy atom. The Bertz CT molecular complexity index is 309. The average Bonchev–Trinajstić information content (AvgIpc) is 2.53. The van der Waals surface area contributed by atoms with E-state index in [1.54, 1.807) is 0 Å². The summed E-state index contributed by atoms with van der Waals surface area (Å²) in [4.78, 5) is 10.7. The molecule has 0 aromatic carbocycles. The maximum atomic E-state index is 10.7. The Hall–Kier alpha value is -1.03. The molecule has 72 valence electrons. The van der Waals surface area contributed by atoms with Crippen LogP contribution in [0.1, 0.15) is 25.0 Å². The van der Waals surface area contributed by atoms with Crippen LogP contribution in [0.4, 0.5) is 0 Å². The summed E-state index contributed by atoms with van der Waals surface area (Å²) >= 11 is 0. The molecule has 1 fully saturated rings. The Kier molecular flexibility index (Phi) is 2.49. The monoisotopic (exact) mass is 182 g/mol. The van der Waals surface area contributed by atoms with E-state index in [2.05, 4.69) is 15.0 Å². The third-order valence-corrected chi connectivity index (χ3v) is 2.45. The molecular formula is C9H14N2O2. The molecule has 1 aromatic rings. The van der Waals surface area contributed by atoms with Gasteiger partial charge in [-0.15, -0.1) is 0 Å². The summed E-state index contributed by atoms with van der Waals surface area (Å²) in [5.41, 5.74) is 0.607. The van der Waals surface area contributed by atoms with Crippen molar-refractivity contribution in [2.24, 2.45) is 0 Å². The van der Waals surface area contributed by atoms with Gasteiger partial charge in [-0.2, -0.15) is 0 Å². The van der Waals surface area contributed by atoms with Gasteiger partial charge in [0.2, 0.25) is 0 Å². The summed E-state index contributed by atoms with van der Waals surface area (Å²) in [6.07, 6.45) is 4.59. The largest absolute Gasteiger partial charge is 0.357 e. The highest BCUT2D eigenvalue weighted by Crippen LogP contribution is 2.10. The summed E-state index contributed by atoms with van der Waals surface area (Å²) < 4.78 is 4.60. The van der Waals surface area contributed by atoms with E-state index < -0.39 is 0 Å². The van der Waals surface area contributed by atoms with E-state index in [4.69, 9.17) is 0 Å². The third kappa shape index (κ3) is 2.21. The molecule has 4 nitrogen and oxygen atoms in total. The molecule has 0 radical (unpaired) electrons. The molecule has 1 saturated heterocycles. The minimum absolute atomic E-state index is 0.286. The molecule has 0 saturated carbocycles. The van der Waals surface area contributed by atoms with Crippen LogP contribution in [0.25, 0.3) is 0 Å². The predicted octanol–water partition coefficient (Wildman–Crippen LogP) is 0.652. The quantitative estimate of drug-likeness (QED) is 0.706. The number of aromatic amines is 1. The van der Waals surface area contributed by atoms with Crippen LogP contribution in [0.2, 0.25) is 0 Å². The zero-order valence-corrected chi connectivity index (χ0v) is 7.51. The van der Waals surface area contributed by atoms with Crippen molar-refractivity contribution in [2.75, 3.05) is 6.54 Å². The number of piperidine rings is 1. The summed E-state index contributed by atoms with van der Waals surface area (Å²) in [6.45, 7) is 1.09. The fraction of sp³-hybridized carbons (Fsp3) is 0.667. The Labute approximate surface area is 76.3 Å². The molecule has 0 aliphatic carbocycles. The van der Waals surface area contributed by atoms with Crippen LogP contribution in [-0.4, -0.2) is 17.7 Å². The number of H-pyrrole nitrogens is 1. The second-order valence-corrected chi connectivity index (χ2v) is 3.54. The van der Waals surface area contributed by atoms with Crippen molar-refractivity contribution in [3.8, 4) is 0 Å². The van der Waals surface area contributed by atoms with E-state index in [1.165, 1.54) is 25.3 Å². The summed E-state index contributed by atoms with van der Waals surface area (Å²) in [6, 6.07) is 2.03. The normalized spacial score (nSPS) is 23.2. The summed E-state index contributed by atoms with van der Waals surface area (Å²) in [5.74, 6) is 0. The molecule has 0 spiro atoms. The minimum Gasteiger partial charge on any atom is -0.339 e. The van der Waals surface area contributed by atoms with Gasteiger partial charge in [-0.1, -0.05) is 6.42 Å². The van der Waals surface area contributed by atoms with E-state index in [9.17, 15) is 4.79 Å². The molecule has 2 heterocycles. The van der Waals surface area contributed by atoms with Crippen molar-refractivity contribution in [3.05, 3.63) is 22.2 Å². The standard InChI is InChI=1S/C9H14N2O2/c12-9-6-8(11-13-9)5-7-3-1-2-4-10-7/h6-7,10-11H,1-5H2. The van der Waals surface area contributed by atoms with Gasteiger partial charge in [0, 0.05) is 18.5 Å². The fourth-order valence-electron chi connectivity index (χ4n) is 1.78. The lowest BCUT2D eigenvalue weighted by molar-refractivity contribution is 0.365. The van der Waals surface area contributed by atoms with Crippen LogP contribution < -0.4 is 10.9 Å². The predicted molar refractivity (Wildman–Crippen MR) is 48.7 cm³/mol. The first-order valence-corrected chi connectivity index (χ1v) is 4.75. The maximum Gasteiger partial charge on any atom is 0.357 e. The Balaban J connectivity index is 1.93. The van der Waals surface area contributed by atoms with Gasteiger partial charge in [-0.05, 0) is 19.4 Å². The van der Waals surface area contributed by atoms with Crippen molar-refractivity contribution in [1.29, 1.82) is 0 Å². The number of aromatic nitrogens is 1. The first-order valence-electron chi connectivity index (χ1n) is 4.75. The van der Waals surface area contributed by atoms with Crippen molar-refractivity contribution in [3.63, 3.8) is 0 Å². The zero-order chi connectivity index (χ0) is 9.10. The lowest BCUT2D eigenvalue weighted by Gasteiger charge is -2.22. The lowest BCUT2D eigenvalue weighted by Crippen LogP contribution is -2.35. The van der Waals surface area contributed by atoms with Gasteiger partial charge in [0.05, 0.1) is 5.69 Å². The van der Waals surface area contributed by atoms with Crippen molar-refractivity contribution < 1.29 is 4.52 Å². The van der Waals surface area contributed by atoms with Gasteiger partial charge in [0.1, 0.15) is 0 Å². The zero-order valence-electron chi connectivity index (χ0n) is 7.51. The first kappa shape index (κ1) is 8.56. The van der Waals surface area contributed by atoms with Crippen LogP contribution in [0.5, 0.6) is 0 Å². The highest BCUT2D eigenvalue weighted by molar-refractivity contribution is 4.99. The average molecular weight is 182 g/mol. The van der Waals surface area contributed by atoms with E-state index in [0.29, 0.717) is 6.04 Å². The van der Waals surface area contributed by atoms with Crippen LogP contribution in [0, 0.1) is 0 Å². The van der Waals surface area contributed by atoms with Crippen LogP contribution in [0.15, 0.2) is 15.4 Å². The minimum atomic E-state index is -0.286. The number of nitrogens with one attached hydrogen (secondary N) is 2. The van der Waals surface area contributed by atoms with E-state index in [-0.39, 0.29) is 5.63 Å². The fourth-order valence-corrected chi connectivity index (χ4v) is 1.78. The molecule has 2 rings (SSSR count). The molecule has 1 unspecified atom stereocenters. The molecule has 1 aliphatic rings. The second-order valence-electron chi connectivity index (χ2n) is 3.54. The van der Waals surface area contributed by atoms with Crippen LogP contribution in [-0.2, 0) is 6.42 Å². The Morgan fingerprint density at radius 2 is 2.46 bits per heavy atom. The van der Waals surface area contributed by atoms with Crippen molar-refractivity contribution >= 4 is 0 Å². The van der Waals surface area contributed by atoms with E-state index >= 15 is 0 Å². The maximum absolute atomic E-state index is 10.7. The molecule has 1 aromatic heterocycles. The molecule has 13 heavy (non-hydrogen) atoms. The molecular weight excluding hydrogens is 168 g/mol. The highest BCUT2D eigenvalue weighted by atomic mass is 16.5. The van der Waals surface area contributed by atoms with Crippen molar-refractivity contribution in [2.45, 2.75) is 31.7 Å². The molecule has 1 atom stereocenters. The first-order chi connectivity index (χ1) is 6.34. The number of rotatable bonds is 2. The van der Waals surface area contributed by atoms with Gasteiger partial charge in [0.25, 0.3) is 0 Å².